The van der Waals surface area contributed by atoms with Gasteiger partial charge in [0.2, 0.25) is 0 Å². The summed E-state index contributed by atoms with van der Waals surface area (Å²) in [7, 11) is 5.81. The maximum atomic E-state index is 5.79. The number of pyridine rings is 2. The molecule has 0 spiro atoms. The lowest BCUT2D eigenvalue weighted by Crippen LogP contribution is -2.10. The van der Waals surface area contributed by atoms with Gasteiger partial charge in [0.1, 0.15) is 11.3 Å². The van der Waals surface area contributed by atoms with Gasteiger partial charge in [-0.2, -0.15) is 0 Å². The van der Waals surface area contributed by atoms with Crippen LogP contribution in [0.3, 0.4) is 0 Å². The average molecular weight is 383 g/mol. The van der Waals surface area contributed by atoms with E-state index >= 15 is 0 Å². The fourth-order valence-corrected chi connectivity index (χ4v) is 3.67. The highest BCUT2D eigenvalue weighted by Gasteiger charge is 2.16. The number of nitrogens with zero attached hydrogens (tertiary/aromatic N) is 3. The Kier molecular flexibility index (Phi) is 4.93. The molecule has 0 fully saturated rings. The van der Waals surface area contributed by atoms with E-state index in [1.165, 1.54) is 16.7 Å². The predicted molar refractivity (Wildman–Crippen MR) is 121 cm³/mol. The van der Waals surface area contributed by atoms with Crippen molar-refractivity contribution in [2.45, 2.75) is 13.8 Å². The molecule has 0 saturated carbocycles. The van der Waals surface area contributed by atoms with Gasteiger partial charge in [-0.25, -0.2) is 4.98 Å². The van der Waals surface area contributed by atoms with Crippen molar-refractivity contribution < 1.29 is 4.74 Å². The van der Waals surface area contributed by atoms with Gasteiger partial charge in [-0.3, -0.25) is 4.98 Å². The molecule has 2 heterocycles. The van der Waals surface area contributed by atoms with E-state index in [9.17, 15) is 0 Å². The number of fused-ring (bicyclic) bond motifs is 1. The third kappa shape index (κ3) is 3.54. The van der Waals surface area contributed by atoms with E-state index in [0.29, 0.717) is 0 Å². The molecule has 4 rings (SSSR count). The number of hydrogen-bond acceptors (Lipinski definition) is 4. The van der Waals surface area contributed by atoms with Gasteiger partial charge in [-0.15, -0.1) is 0 Å². The first kappa shape index (κ1) is 18.9. The number of benzene rings is 2. The smallest absolute Gasteiger partial charge is 0.145 e. The van der Waals surface area contributed by atoms with Crippen molar-refractivity contribution in [3.8, 4) is 28.1 Å². The quantitative estimate of drug-likeness (QED) is 0.456. The molecule has 0 saturated heterocycles. The average Bonchev–Trinajstić information content (AvgIpc) is 2.74. The van der Waals surface area contributed by atoms with Gasteiger partial charge in [0.05, 0.1) is 12.8 Å². The molecule has 29 heavy (non-hydrogen) atoms. The van der Waals surface area contributed by atoms with Crippen molar-refractivity contribution in [2.75, 3.05) is 26.1 Å². The zero-order valence-electron chi connectivity index (χ0n) is 17.5. The van der Waals surface area contributed by atoms with E-state index in [1.54, 1.807) is 13.3 Å². The molecule has 0 unspecified atom stereocenters. The third-order valence-electron chi connectivity index (χ3n) is 5.22. The van der Waals surface area contributed by atoms with Crippen LogP contribution in [0.25, 0.3) is 33.3 Å². The number of aryl methyl sites for hydroxylation is 2. The summed E-state index contributed by atoms with van der Waals surface area (Å²) < 4.78 is 5.79. The molecule has 4 heteroatoms. The van der Waals surface area contributed by atoms with Gasteiger partial charge in [0.15, 0.2) is 0 Å². The molecule has 0 bridgehead atoms. The van der Waals surface area contributed by atoms with Crippen molar-refractivity contribution in [3.05, 3.63) is 72.1 Å². The number of methoxy groups -OCH3 is 1. The van der Waals surface area contributed by atoms with Crippen molar-refractivity contribution in [3.63, 3.8) is 0 Å². The second-order valence-electron chi connectivity index (χ2n) is 7.56. The highest BCUT2D eigenvalue weighted by molar-refractivity contribution is 6.00. The number of aromatic nitrogens is 2. The number of ether oxygens (including phenoxy) is 1. The maximum absolute atomic E-state index is 5.79. The van der Waals surface area contributed by atoms with E-state index in [1.807, 2.05) is 18.3 Å². The molecule has 146 valence electrons. The van der Waals surface area contributed by atoms with Crippen molar-refractivity contribution in [1.29, 1.82) is 0 Å². The number of rotatable bonds is 4. The molecule has 2 aromatic carbocycles. The number of anilines is 1. The first-order valence-electron chi connectivity index (χ1n) is 9.66. The lowest BCUT2D eigenvalue weighted by atomic mass is 9.96. The molecule has 0 atom stereocenters. The van der Waals surface area contributed by atoms with Crippen LogP contribution in [-0.2, 0) is 0 Å². The van der Waals surface area contributed by atoms with Gasteiger partial charge in [-0.1, -0.05) is 23.8 Å². The van der Waals surface area contributed by atoms with E-state index in [4.69, 9.17) is 9.72 Å². The monoisotopic (exact) mass is 383 g/mol. The van der Waals surface area contributed by atoms with Crippen molar-refractivity contribution in [1.82, 2.24) is 9.97 Å². The molecule has 4 nitrogen and oxygen atoms in total. The van der Waals surface area contributed by atoms with Crippen molar-refractivity contribution in [2.24, 2.45) is 0 Å². The standard InChI is InChI=1S/C25H25N3O/c1-16-8-9-17(2)20(11-16)19-12-21-23(28(3)4)14-22(18-7-6-10-26-15-18)27-25(21)24(13-19)29-5/h6-15H,1-5H3. The Morgan fingerprint density at radius 3 is 2.45 bits per heavy atom. The summed E-state index contributed by atoms with van der Waals surface area (Å²) in [6.45, 7) is 4.26. The molecule has 0 aliphatic heterocycles. The largest absolute Gasteiger partial charge is 0.494 e. The fourth-order valence-electron chi connectivity index (χ4n) is 3.67. The van der Waals surface area contributed by atoms with Gasteiger partial charge in [0, 0.05) is 43.1 Å². The summed E-state index contributed by atoms with van der Waals surface area (Å²) in [5.41, 5.74) is 8.64. The number of hydrogen-bond donors (Lipinski definition) is 0. The third-order valence-corrected chi connectivity index (χ3v) is 5.22. The Morgan fingerprint density at radius 2 is 1.76 bits per heavy atom. The maximum Gasteiger partial charge on any atom is 0.145 e. The molecule has 0 amide bonds. The van der Waals surface area contributed by atoms with Gasteiger partial charge < -0.3 is 9.64 Å². The van der Waals surface area contributed by atoms with Crippen LogP contribution in [0.1, 0.15) is 11.1 Å². The van der Waals surface area contributed by atoms with Crippen LogP contribution in [0.15, 0.2) is 60.9 Å². The van der Waals surface area contributed by atoms with Crippen LogP contribution in [0.5, 0.6) is 5.75 Å². The molecule has 0 N–H and O–H groups in total. The summed E-state index contributed by atoms with van der Waals surface area (Å²) in [6, 6.07) is 16.9. The van der Waals surface area contributed by atoms with E-state index in [0.717, 1.165) is 39.2 Å². The van der Waals surface area contributed by atoms with Crippen LogP contribution in [0.4, 0.5) is 5.69 Å². The summed E-state index contributed by atoms with van der Waals surface area (Å²) in [5.74, 6) is 0.771. The van der Waals surface area contributed by atoms with Crippen LogP contribution >= 0.6 is 0 Å². The van der Waals surface area contributed by atoms with Crippen LogP contribution < -0.4 is 9.64 Å². The van der Waals surface area contributed by atoms with Crippen molar-refractivity contribution >= 4 is 16.6 Å². The minimum atomic E-state index is 0.771. The topological polar surface area (TPSA) is 38.2 Å². The normalized spacial score (nSPS) is 10.9. The Morgan fingerprint density at radius 1 is 0.931 bits per heavy atom. The molecule has 4 aromatic rings. The molecule has 0 aliphatic rings. The first-order valence-corrected chi connectivity index (χ1v) is 9.66. The van der Waals surface area contributed by atoms with Crippen LogP contribution in [-0.4, -0.2) is 31.2 Å². The molecule has 2 aromatic heterocycles. The van der Waals surface area contributed by atoms with E-state index in [2.05, 4.69) is 74.2 Å². The Bertz CT molecular complexity index is 1180. The Balaban J connectivity index is 2.03. The predicted octanol–water partition coefficient (Wildman–Crippen LogP) is 5.66. The van der Waals surface area contributed by atoms with Gasteiger partial charge in [-0.05, 0) is 60.9 Å². The molecular formula is C25H25N3O. The summed E-state index contributed by atoms with van der Waals surface area (Å²) in [6.07, 6.45) is 3.61. The summed E-state index contributed by atoms with van der Waals surface area (Å²) in [5, 5.41) is 1.07. The minimum Gasteiger partial charge on any atom is -0.494 e. The Labute approximate surface area is 171 Å². The summed E-state index contributed by atoms with van der Waals surface area (Å²) >= 11 is 0. The fraction of sp³-hybridized carbons (Fsp3) is 0.200. The van der Waals surface area contributed by atoms with Crippen LogP contribution in [0, 0.1) is 13.8 Å². The van der Waals surface area contributed by atoms with Crippen LogP contribution in [0.2, 0.25) is 0 Å². The second kappa shape index (κ2) is 7.55. The molecular weight excluding hydrogens is 358 g/mol. The van der Waals surface area contributed by atoms with Gasteiger partial charge >= 0.3 is 0 Å². The SMILES string of the molecule is COc1cc(-c2cc(C)ccc2C)cc2c(N(C)C)cc(-c3cccnc3)nc12. The van der Waals surface area contributed by atoms with E-state index in [-0.39, 0.29) is 0 Å². The zero-order chi connectivity index (χ0) is 20.5. The lowest BCUT2D eigenvalue weighted by molar-refractivity contribution is 0.419. The lowest BCUT2D eigenvalue weighted by Gasteiger charge is -2.19. The minimum absolute atomic E-state index is 0.771. The summed E-state index contributed by atoms with van der Waals surface area (Å²) in [4.78, 5) is 11.3. The second-order valence-corrected chi connectivity index (χ2v) is 7.56. The molecule has 0 aliphatic carbocycles. The first-order chi connectivity index (χ1) is 14.0. The van der Waals surface area contributed by atoms with E-state index < -0.39 is 0 Å². The Hall–Kier alpha value is -3.40. The van der Waals surface area contributed by atoms with Gasteiger partial charge in [0.25, 0.3) is 0 Å². The highest BCUT2D eigenvalue weighted by Crippen LogP contribution is 2.39. The highest BCUT2D eigenvalue weighted by atomic mass is 16.5. The zero-order valence-corrected chi connectivity index (χ0v) is 17.5. The molecule has 0 radical (unpaired) electrons.